The zero-order valence-electron chi connectivity index (χ0n) is 13.9. The molecule has 1 saturated heterocycles. The summed E-state index contributed by atoms with van der Waals surface area (Å²) in [6, 6.07) is 1.98. The van der Waals surface area contributed by atoms with Crippen molar-refractivity contribution in [1.29, 1.82) is 0 Å². The SMILES string of the molecule is C[Si](C)(C)C#Cc1cc2c(c(N3CCC(F)(F)CC3)n1)OCC2. The number of nitrogens with zero attached hydrogens (tertiary/aromatic N) is 2. The predicted octanol–water partition coefficient (Wildman–Crippen LogP) is 3.48. The maximum atomic E-state index is 13.4. The number of alkyl halides is 2. The molecule has 0 spiro atoms. The normalized spacial score (nSPS) is 19.6. The van der Waals surface area contributed by atoms with Crippen LogP contribution in [0.1, 0.15) is 24.1 Å². The first kappa shape index (κ1) is 16.3. The maximum absolute atomic E-state index is 13.4. The van der Waals surface area contributed by atoms with E-state index in [1.54, 1.807) is 0 Å². The van der Waals surface area contributed by atoms with Gasteiger partial charge in [-0.05, 0) is 6.07 Å². The van der Waals surface area contributed by atoms with Gasteiger partial charge in [-0.1, -0.05) is 25.6 Å². The van der Waals surface area contributed by atoms with Gasteiger partial charge in [0, 0.05) is 37.9 Å². The highest BCUT2D eigenvalue weighted by Gasteiger charge is 2.36. The molecule has 3 rings (SSSR count). The van der Waals surface area contributed by atoms with Crippen LogP contribution in [0.15, 0.2) is 6.07 Å². The number of anilines is 1. The molecule has 0 bridgehead atoms. The second-order valence-electron chi connectivity index (χ2n) is 7.26. The molecule has 0 atom stereocenters. The highest BCUT2D eigenvalue weighted by Crippen LogP contribution is 2.38. The van der Waals surface area contributed by atoms with E-state index in [-0.39, 0.29) is 12.8 Å². The second-order valence-corrected chi connectivity index (χ2v) is 12.0. The summed E-state index contributed by atoms with van der Waals surface area (Å²) in [6.45, 7) is 7.79. The summed E-state index contributed by atoms with van der Waals surface area (Å²) in [5.41, 5.74) is 5.14. The molecular formula is C17H22F2N2OSi. The Hall–Kier alpha value is -1.61. The molecule has 3 nitrogen and oxygen atoms in total. The Bertz CT molecular complexity index is 664. The third-order valence-electron chi connectivity index (χ3n) is 4.01. The molecule has 1 fully saturated rings. The molecule has 23 heavy (non-hydrogen) atoms. The Morgan fingerprint density at radius 3 is 2.61 bits per heavy atom. The lowest BCUT2D eigenvalue weighted by Crippen LogP contribution is -2.40. The molecule has 2 aliphatic heterocycles. The van der Waals surface area contributed by atoms with Gasteiger partial charge in [-0.2, -0.15) is 0 Å². The van der Waals surface area contributed by atoms with Crippen molar-refractivity contribution in [2.75, 3.05) is 24.6 Å². The average Bonchev–Trinajstić information content (AvgIpc) is 2.92. The summed E-state index contributed by atoms with van der Waals surface area (Å²) in [5.74, 6) is 2.07. The molecule has 6 heteroatoms. The highest BCUT2D eigenvalue weighted by atomic mass is 28.3. The molecule has 0 radical (unpaired) electrons. The summed E-state index contributed by atoms with van der Waals surface area (Å²) in [7, 11) is -1.49. The minimum absolute atomic E-state index is 0.131. The lowest BCUT2D eigenvalue weighted by atomic mass is 10.1. The molecule has 2 aliphatic rings. The van der Waals surface area contributed by atoms with Gasteiger partial charge in [0.2, 0.25) is 0 Å². The first-order valence-electron chi connectivity index (χ1n) is 8.06. The van der Waals surface area contributed by atoms with Crippen LogP contribution in [0.4, 0.5) is 14.6 Å². The van der Waals surface area contributed by atoms with Crippen molar-refractivity contribution in [1.82, 2.24) is 4.98 Å². The maximum Gasteiger partial charge on any atom is 0.251 e. The van der Waals surface area contributed by atoms with Crippen LogP contribution < -0.4 is 9.64 Å². The fraction of sp³-hybridized carbons (Fsp3) is 0.588. The molecule has 0 unspecified atom stereocenters. The summed E-state index contributed by atoms with van der Waals surface area (Å²) < 4.78 is 32.5. The fourth-order valence-electron chi connectivity index (χ4n) is 2.75. The molecule has 124 valence electrons. The lowest BCUT2D eigenvalue weighted by Gasteiger charge is -2.33. The Labute approximate surface area is 137 Å². The van der Waals surface area contributed by atoms with E-state index in [0.29, 0.717) is 25.5 Å². The highest BCUT2D eigenvalue weighted by molar-refractivity contribution is 6.83. The molecule has 3 heterocycles. The van der Waals surface area contributed by atoms with Gasteiger partial charge in [0.25, 0.3) is 5.92 Å². The van der Waals surface area contributed by atoms with Crippen molar-refractivity contribution in [3.05, 3.63) is 17.3 Å². The third kappa shape index (κ3) is 3.84. The lowest BCUT2D eigenvalue weighted by molar-refractivity contribution is -0.0222. The molecule has 1 aromatic rings. The van der Waals surface area contributed by atoms with Gasteiger partial charge in [-0.25, -0.2) is 13.8 Å². The number of rotatable bonds is 1. The number of piperidine rings is 1. The van der Waals surface area contributed by atoms with Crippen LogP contribution in [0.3, 0.4) is 0 Å². The van der Waals surface area contributed by atoms with Crippen LogP contribution in [-0.4, -0.2) is 38.7 Å². The third-order valence-corrected chi connectivity index (χ3v) is 4.88. The number of ether oxygens (including phenoxy) is 1. The van der Waals surface area contributed by atoms with Gasteiger partial charge in [0.15, 0.2) is 11.6 Å². The largest absolute Gasteiger partial charge is 0.489 e. The van der Waals surface area contributed by atoms with Crippen molar-refractivity contribution < 1.29 is 13.5 Å². The Morgan fingerprint density at radius 2 is 1.96 bits per heavy atom. The van der Waals surface area contributed by atoms with Gasteiger partial charge >= 0.3 is 0 Å². The van der Waals surface area contributed by atoms with Crippen molar-refractivity contribution in [2.24, 2.45) is 0 Å². The smallest absolute Gasteiger partial charge is 0.251 e. The van der Waals surface area contributed by atoms with E-state index in [1.165, 1.54) is 0 Å². The van der Waals surface area contributed by atoms with Crippen LogP contribution in [-0.2, 0) is 6.42 Å². The molecule has 1 aromatic heterocycles. The van der Waals surface area contributed by atoms with Crippen molar-refractivity contribution in [3.8, 4) is 17.2 Å². The van der Waals surface area contributed by atoms with Gasteiger partial charge in [0.1, 0.15) is 13.8 Å². The van der Waals surface area contributed by atoms with E-state index in [0.717, 1.165) is 23.4 Å². The van der Waals surface area contributed by atoms with Crippen molar-refractivity contribution in [3.63, 3.8) is 0 Å². The predicted molar refractivity (Wildman–Crippen MR) is 90.1 cm³/mol. The molecule has 0 amide bonds. The molecule has 0 aromatic carbocycles. The van der Waals surface area contributed by atoms with Crippen LogP contribution in [0, 0.1) is 11.5 Å². The van der Waals surface area contributed by atoms with Gasteiger partial charge in [-0.3, -0.25) is 0 Å². The van der Waals surface area contributed by atoms with Crippen LogP contribution >= 0.6 is 0 Å². The second kappa shape index (κ2) is 5.79. The zero-order chi connectivity index (χ0) is 16.7. The quantitative estimate of drug-likeness (QED) is 0.580. The number of halogens is 2. The molecular weight excluding hydrogens is 314 g/mol. The van der Waals surface area contributed by atoms with Crippen LogP contribution in [0.2, 0.25) is 19.6 Å². The Balaban J connectivity index is 1.93. The minimum atomic E-state index is -2.56. The van der Waals surface area contributed by atoms with Gasteiger partial charge < -0.3 is 9.64 Å². The topological polar surface area (TPSA) is 25.4 Å². The van der Waals surface area contributed by atoms with E-state index in [1.807, 2.05) is 11.0 Å². The number of hydrogen-bond acceptors (Lipinski definition) is 3. The fourth-order valence-corrected chi connectivity index (χ4v) is 3.26. The Morgan fingerprint density at radius 1 is 1.26 bits per heavy atom. The van der Waals surface area contributed by atoms with E-state index >= 15 is 0 Å². The van der Waals surface area contributed by atoms with E-state index in [4.69, 9.17) is 4.74 Å². The Kier molecular flexibility index (Phi) is 4.09. The minimum Gasteiger partial charge on any atom is -0.489 e. The monoisotopic (exact) mass is 336 g/mol. The van der Waals surface area contributed by atoms with E-state index in [9.17, 15) is 8.78 Å². The first-order chi connectivity index (χ1) is 10.7. The van der Waals surface area contributed by atoms with E-state index < -0.39 is 14.0 Å². The summed E-state index contributed by atoms with van der Waals surface area (Å²) >= 11 is 0. The zero-order valence-corrected chi connectivity index (χ0v) is 14.9. The van der Waals surface area contributed by atoms with Crippen molar-refractivity contribution in [2.45, 2.75) is 44.8 Å². The number of hydrogen-bond donors (Lipinski definition) is 0. The summed E-state index contributed by atoms with van der Waals surface area (Å²) in [6.07, 6.45) is 0.568. The molecule has 0 N–H and O–H groups in total. The number of aromatic nitrogens is 1. The standard InChI is InChI=1S/C17H22F2N2OSi/c1-23(2,3)11-5-14-12-13-4-10-22-15(13)16(20-14)21-8-6-17(18,19)7-9-21/h12H,4,6-10H2,1-3H3. The summed E-state index contributed by atoms with van der Waals surface area (Å²) in [5, 5.41) is 0. The van der Waals surface area contributed by atoms with Crippen LogP contribution in [0.5, 0.6) is 5.75 Å². The number of pyridine rings is 1. The van der Waals surface area contributed by atoms with Crippen molar-refractivity contribution >= 4 is 13.9 Å². The van der Waals surface area contributed by atoms with Crippen LogP contribution in [0.25, 0.3) is 0 Å². The van der Waals surface area contributed by atoms with Gasteiger partial charge in [-0.15, -0.1) is 5.54 Å². The van der Waals surface area contributed by atoms with Gasteiger partial charge in [0.05, 0.1) is 6.61 Å². The average molecular weight is 336 g/mol. The number of fused-ring (bicyclic) bond motifs is 1. The molecule has 0 aliphatic carbocycles. The van der Waals surface area contributed by atoms with E-state index in [2.05, 4.69) is 36.1 Å². The first-order valence-corrected chi connectivity index (χ1v) is 11.6. The summed E-state index contributed by atoms with van der Waals surface area (Å²) in [4.78, 5) is 6.54. The molecule has 0 saturated carbocycles.